The molecule has 0 radical (unpaired) electrons. The number of esters is 1. The van der Waals surface area contributed by atoms with E-state index in [-0.39, 0.29) is 11.5 Å². The smallest absolute Gasteiger partial charge is 0.330 e. The van der Waals surface area contributed by atoms with Crippen molar-refractivity contribution in [2.45, 2.75) is 19.8 Å². The van der Waals surface area contributed by atoms with Crippen LogP contribution >= 0.6 is 0 Å². The Morgan fingerprint density at radius 3 is 2.35 bits per heavy atom. The summed E-state index contributed by atoms with van der Waals surface area (Å²) >= 11 is 0. The molecular weight excluding hydrogens is 220 g/mol. The normalized spacial score (nSPS) is 9.71. The van der Waals surface area contributed by atoms with Crippen molar-refractivity contribution in [3.63, 3.8) is 0 Å². The quantitative estimate of drug-likeness (QED) is 0.482. The van der Waals surface area contributed by atoms with E-state index in [1.54, 1.807) is 24.3 Å². The molecule has 90 valence electrons. The molecule has 1 N–H and O–H groups in total. The van der Waals surface area contributed by atoms with Crippen LogP contribution in [-0.4, -0.2) is 17.0 Å². The van der Waals surface area contributed by atoms with Crippen molar-refractivity contribution in [3.05, 3.63) is 42.0 Å². The lowest BCUT2D eigenvalue weighted by Gasteiger charge is -2.04. The third-order valence-electron chi connectivity index (χ3n) is 2.20. The first-order valence-electron chi connectivity index (χ1n) is 5.17. The third-order valence-corrected chi connectivity index (χ3v) is 2.20. The van der Waals surface area contributed by atoms with Crippen LogP contribution in [0, 0.1) is 0 Å². The fraction of sp³-hybridized carbons (Fsp3) is 0.231. The van der Waals surface area contributed by atoms with E-state index in [0.717, 1.165) is 5.56 Å². The molecule has 0 unspecified atom stereocenters. The van der Waals surface area contributed by atoms with Crippen LogP contribution in [0.5, 0.6) is 5.75 Å². The van der Waals surface area contributed by atoms with Gasteiger partial charge in [-0.25, -0.2) is 4.79 Å². The number of benzene rings is 1. The fourth-order valence-corrected chi connectivity index (χ4v) is 1.29. The van der Waals surface area contributed by atoms with Gasteiger partial charge in [-0.1, -0.05) is 18.7 Å². The van der Waals surface area contributed by atoms with Gasteiger partial charge in [0, 0.05) is 12.5 Å². The molecule has 0 amide bonds. The Bertz CT molecular complexity index is 431. The molecule has 4 nitrogen and oxygen atoms in total. The van der Waals surface area contributed by atoms with E-state index in [4.69, 9.17) is 9.84 Å². The molecule has 0 saturated heterocycles. The first-order valence-corrected chi connectivity index (χ1v) is 5.17. The van der Waals surface area contributed by atoms with Gasteiger partial charge in [0.25, 0.3) is 0 Å². The predicted octanol–water partition coefficient (Wildman–Crippen LogP) is 2.19. The zero-order chi connectivity index (χ0) is 12.8. The minimum absolute atomic E-state index is 0.189. The van der Waals surface area contributed by atoms with Gasteiger partial charge in [-0.05, 0) is 30.5 Å². The van der Waals surface area contributed by atoms with E-state index in [2.05, 4.69) is 6.58 Å². The van der Waals surface area contributed by atoms with Gasteiger partial charge in [0.05, 0.1) is 0 Å². The fourth-order valence-electron chi connectivity index (χ4n) is 1.29. The van der Waals surface area contributed by atoms with Gasteiger partial charge in [-0.15, -0.1) is 0 Å². The van der Waals surface area contributed by atoms with Gasteiger partial charge in [0.1, 0.15) is 5.75 Å². The first kappa shape index (κ1) is 13.0. The second-order valence-electron chi connectivity index (χ2n) is 3.65. The van der Waals surface area contributed by atoms with Crippen molar-refractivity contribution < 1.29 is 19.4 Å². The molecule has 0 heterocycles. The Balaban J connectivity index is 2.54. The zero-order valence-electron chi connectivity index (χ0n) is 9.60. The Morgan fingerprint density at radius 2 is 1.88 bits per heavy atom. The highest BCUT2D eigenvalue weighted by molar-refractivity contribution is 5.85. The minimum Gasteiger partial charge on any atom is -0.478 e. The molecule has 0 aliphatic rings. The number of hydrogen-bond donors (Lipinski definition) is 1. The molecule has 0 saturated carbocycles. The first-order chi connectivity index (χ1) is 7.99. The summed E-state index contributed by atoms with van der Waals surface area (Å²) in [4.78, 5) is 21.2. The maximum Gasteiger partial charge on any atom is 0.330 e. The Hall–Kier alpha value is -2.10. The van der Waals surface area contributed by atoms with E-state index in [1.165, 1.54) is 6.92 Å². The summed E-state index contributed by atoms with van der Waals surface area (Å²) in [5, 5.41) is 8.65. The van der Waals surface area contributed by atoms with Crippen molar-refractivity contribution >= 4 is 11.9 Å². The summed E-state index contributed by atoms with van der Waals surface area (Å²) in [7, 11) is 0. The highest BCUT2D eigenvalue weighted by Gasteiger charge is 2.04. The molecule has 0 aliphatic carbocycles. The van der Waals surface area contributed by atoms with Crippen LogP contribution in [0.3, 0.4) is 0 Å². The molecule has 0 atom stereocenters. The van der Waals surface area contributed by atoms with Gasteiger partial charge in [0.15, 0.2) is 0 Å². The van der Waals surface area contributed by atoms with Crippen LogP contribution < -0.4 is 4.74 Å². The van der Waals surface area contributed by atoms with E-state index in [1.807, 2.05) is 0 Å². The van der Waals surface area contributed by atoms with Crippen LogP contribution in [0.25, 0.3) is 0 Å². The van der Waals surface area contributed by atoms with E-state index in [9.17, 15) is 9.59 Å². The van der Waals surface area contributed by atoms with E-state index in [0.29, 0.717) is 18.6 Å². The number of aliphatic carboxylic acids is 1. The zero-order valence-corrected chi connectivity index (χ0v) is 9.60. The lowest BCUT2D eigenvalue weighted by molar-refractivity contribution is -0.133. The Morgan fingerprint density at radius 1 is 1.29 bits per heavy atom. The number of ether oxygens (including phenoxy) is 1. The van der Waals surface area contributed by atoms with Crippen LogP contribution in [-0.2, 0) is 16.0 Å². The topological polar surface area (TPSA) is 63.6 Å². The van der Waals surface area contributed by atoms with E-state index < -0.39 is 5.97 Å². The summed E-state index contributed by atoms with van der Waals surface area (Å²) in [6.45, 7) is 4.80. The maximum atomic E-state index is 10.7. The molecule has 0 spiro atoms. The molecule has 1 aromatic rings. The van der Waals surface area contributed by atoms with Crippen LogP contribution in [0.15, 0.2) is 36.4 Å². The summed E-state index contributed by atoms with van der Waals surface area (Å²) in [6, 6.07) is 6.96. The number of rotatable bonds is 5. The highest BCUT2D eigenvalue weighted by atomic mass is 16.5. The monoisotopic (exact) mass is 234 g/mol. The predicted molar refractivity (Wildman–Crippen MR) is 62.8 cm³/mol. The number of hydrogen-bond acceptors (Lipinski definition) is 3. The minimum atomic E-state index is -0.971. The van der Waals surface area contributed by atoms with Crippen LogP contribution in [0.2, 0.25) is 0 Å². The molecule has 0 aliphatic heterocycles. The average Bonchev–Trinajstić information content (AvgIpc) is 2.26. The summed E-state index contributed by atoms with van der Waals surface area (Å²) in [5.41, 5.74) is 1.16. The van der Waals surface area contributed by atoms with Crippen molar-refractivity contribution in [2.75, 3.05) is 0 Å². The van der Waals surface area contributed by atoms with Gasteiger partial charge < -0.3 is 9.84 Å². The largest absolute Gasteiger partial charge is 0.478 e. The summed E-state index contributed by atoms with van der Waals surface area (Å²) in [6.07, 6.45) is 1.01. The summed E-state index contributed by atoms with van der Waals surface area (Å²) < 4.78 is 4.88. The van der Waals surface area contributed by atoms with Crippen molar-refractivity contribution in [3.8, 4) is 5.75 Å². The lowest BCUT2D eigenvalue weighted by Crippen LogP contribution is -2.02. The molecule has 0 aromatic heterocycles. The second-order valence-corrected chi connectivity index (χ2v) is 3.65. The number of carboxylic acids is 1. The molecule has 0 fully saturated rings. The number of carboxylic acid groups (broad SMARTS) is 1. The lowest BCUT2D eigenvalue weighted by atomic mass is 10.1. The Kier molecular flexibility index (Phi) is 4.46. The number of carbonyl (C=O) groups excluding carboxylic acids is 1. The molecular formula is C13H14O4. The Labute approximate surface area is 99.5 Å². The SMILES string of the molecule is C=C(CCc1ccc(OC(C)=O)cc1)C(=O)O. The van der Waals surface area contributed by atoms with Crippen LogP contribution in [0.1, 0.15) is 18.9 Å². The molecule has 17 heavy (non-hydrogen) atoms. The van der Waals surface area contributed by atoms with Gasteiger partial charge >= 0.3 is 11.9 Å². The second kappa shape index (κ2) is 5.84. The number of carbonyl (C=O) groups is 2. The molecule has 1 rings (SSSR count). The number of aryl methyl sites for hydroxylation is 1. The maximum absolute atomic E-state index is 10.7. The average molecular weight is 234 g/mol. The van der Waals surface area contributed by atoms with Gasteiger partial charge in [0.2, 0.25) is 0 Å². The molecule has 1 aromatic carbocycles. The standard InChI is InChI=1S/C13H14O4/c1-9(13(15)16)3-4-11-5-7-12(8-6-11)17-10(2)14/h5-8H,1,3-4H2,2H3,(H,15,16). The van der Waals surface area contributed by atoms with Crippen molar-refractivity contribution in [2.24, 2.45) is 0 Å². The van der Waals surface area contributed by atoms with Crippen molar-refractivity contribution in [1.82, 2.24) is 0 Å². The van der Waals surface area contributed by atoms with E-state index >= 15 is 0 Å². The van der Waals surface area contributed by atoms with Crippen molar-refractivity contribution in [1.29, 1.82) is 0 Å². The third kappa shape index (κ3) is 4.51. The summed E-state index contributed by atoms with van der Waals surface area (Å²) in [5.74, 6) is -0.850. The molecule has 4 heteroatoms. The highest BCUT2D eigenvalue weighted by Crippen LogP contribution is 2.14. The van der Waals surface area contributed by atoms with Gasteiger partial charge in [-0.2, -0.15) is 0 Å². The molecule has 0 bridgehead atoms. The van der Waals surface area contributed by atoms with Crippen LogP contribution in [0.4, 0.5) is 0 Å². The van der Waals surface area contributed by atoms with Gasteiger partial charge in [-0.3, -0.25) is 4.79 Å².